The molecule has 0 saturated heterocycles. The molecular weight excluding hydrogens is 296 g/mol. The number of nitrogens with two attached hydrogens (primary N) is 1. The highest BCUT2D eigenvalue weighted by Crippen LogP contribution is 2.26. The molecule has 20 heavy (non-hydrogen) atoms. The first kappa shape index (κ1) is 14.6. The number of carbonyl (C=O) groups is 1. The zero-order chi connectivity index (χ0) is 14.7. The molecule has 0 aliphatic carbocycles. The summed E-state index contributed by atoms with van der Waals surface area (Å²) in [5.74, 6) is 0.0235. The van der Waals surface area contributed by atoms with Crippen LogP contribution in [-0.2, 0) is 6.54 Å². The lowest BCUT2D eigenvalue weighted by Gasteiger charge is -2.05. The third kappa shape index (κ3) is 3.40. The summed E-state index contributed by atoms with van der Waals surface area (Å²) in [4.78, 5) is 18.5. The van der Waals surface area contributed by atoms with Crippen molar-refractivity contribution in [1.82, 2.24) is 10.3 Å². The minimum atomic E-state index is -0.229. The van der Waals surface area contributed by atoms with Gasteiger partial charge in [0.25, 0.3) is 5.91 Å². The van der Waals surface area contributed by atoms with Crippen LogP contribution in [0.2, 0.25) is 5.02 Å². The number of anilines is 2. The van der Waals surface area contributed by atoms with Gasteiger partial charge in [-0.05, 0) is 17.7 Å². The van der Waals surface area contributed by atoms with Crippen molar-refractivity contribution in [2.75, 3.05) is 24.7 Å². The third-order valence-corrected chi connectivity index (χ3v) is 4.05. The van der Waals surface area contributed by atoms with E-state index in [2.05, 4.69) is 10.3 Å². The standard InChI is InChI=1S/C13H15ClN4OS/c1-18(2)13-17-11(15)10(20-13)12(19)16-7-8-4-3-5-9(14)6-8/h3-6H,7,15H2,1-2H3,(H,16,19). The lowest BCUT2D eigenvalue weighted by molar-refractivity contribution is 0.0955. The fraction of sp³-hybridized carbons (Fsp3) is 0.231. The minimum absolute atomic E-state index is 0.229. The van der Waals surface area contributed by atoms with Crippen molar-refractivity contribution >= 4 is 39.8 Å². The van der Waals surface area contributed by atoms with Gasteiger partial charge < -0.3 is 16.0 Å². The van der Waals surface area contributed by atoms with Gasteiger partial charge in [-0.3, -0.25) is 4.79 Å². The van der Waals surface area contributed by atoms with Crippen molar-refractivity contribution in [3.63, 3.8) is 0 Å². The maximum Gasteiger partial charge on any atom is 0.265 e. The molecule has 1 amide bonds. The summed E-state index contributed by atoms with van der Waals surface area (Å²) >= 11 is 7.16. The highest BCUT2D eigenvalue weighted by molar-refractivity contribution is 7.18. The Balaban J connectivity index is 2.05. The Morgan fingerprint density at radius 2 is 2.25 bits per heavy atom. The number of halogens is 1. The molecule has 1 aromatic heterocycles. The predicted octanol–water partition coefficient (Wildman–Crippen LogP) is 2.37. The van der Waals surface area contributed by atoms with Gasteiger partial charge in [0.05, 0.1) is 0 Å². The van der Waals surface area contributed by atoms with Crippen LogP contribution < -0.4 is 16.0 Å². The monoisotopic (exact) mass is 310 g/mol. The largest absolute Gasteiger partial charge is 0.382 e. The SMILES string of the molecule is CN(C)c1nc(N)c(C(=O)NCc2cccc(Cl)c2)s1. The lowest BCUT2D eigenvalue weighted by Crippen LogP contribution is -2.22. The first-order chi connectivity index (χ1) is 9.47. The van der Waals surface area contributed by atoms with Crippen molar-refractivity contribution in [3.05, 3.63) is 39.7 Å². The lowest BCUT2D eigenvalue weighted by atomic mass is 10.2. The average molecular weight is 311 g/mol. The Bertz CT molecular complexity index is 627. The maximum atomic E-state index is 12.1. The first-order valence-corrected chi connectivity index (χ1v) is 7.13. The van der Waals surface area contributed by atoms with Crippen LogP contribution in [0.25, 0.3) is 0 Å². The second-order valence-electron chi connectivity index (χ2n) is 4.42. The van der Waals surface area contributed by atoms with Crippen molar-refractivity contribution in [2.45, 2.75) is 6.54 Å². The summed E-state index contributed by atoms with van der Waals surface area (Å²) in [5, 5.41) is 4.16. The molecule has 0 aliphatic rings. The van der Waals surface area contributed by atoms with Gasteiger partial charge in [-0.2, -0.15) is 0 Å². The van der Waals surface area contributed by atoms with E-state index in [9.17, 15) is 4.79 Å². The normalized spacial score (nSPS) is 10.3. The van der Waals surface area contributed by atoms with Crippen LogP contribution in [0.1, 0.15) is 15.2 Å². The van der Waals surface area contributed by atoms with Crippen LogP contribution in [0.4, 0.5) is 10.9 Å². The zero-order valence-electron chi connectivity index (χ0n) is 11.2. The predicted molar refractivity (Wildman–Crippen MR) is 83.5 cm³/mol. The molecule has 0 unspecified atom stereocenters. The van der Waals surface area contributed by atoms with E-state index >= 15 is 0 Å². The quantitative estimate of drug-likeness (QED) is 0.909. The number of carbonyl (C=O) groups excluding carboxylic acids is 1. The van der Waals surface area contributed by atoms with E-state index in [1.165, 1.54) is 11.3 Å². The van der Waals surface area contributed by atoms with Gasteiger partial charge in [0.1, 0.15) is 10.7 Å². The van der Waals surface area contributed by atoms with Gasteiger partial charge >= 0.3 is 0 Å². The van der Waals surface area contributed by atoms with Crippen molar-refractivity contribution in [3.8, 4) is 0 Å². The van der Waals surface area contributed by atoms with Crippen LogP contribution in [0.5, 0.6) is 0 Å². The summed E-state index contributed by atoms with van der Waals surface area (Å²) in [6.07, 6.45) is 0. The number of nitrogens with zero attached hydrogens (tertiary/aromatic N) is 2. The van der Waals surface area contributed by atoms with E-state index in [1.807, 2.05) is 37.2 Å². The second-order valence-corrected chi connectivity index (χ2v) is 5.83. The molecular formula is C13H15ClN4OS. The Labute approximate surface area is 126 Å². The molecule has 1 aromatic carbocycles. The molecule has 0 aliphatic heterocycles. The van der Waals surface area contributed by atoms with E-state index in [0.717, 1.165) is 5.56 Å². The van der Waals surface area contributed by atoms with Crippen LogP contribution >= 0.6 is 22.9 Å². The number of aromatic nitrogens is 1. The Kier molecular flexibility index (Phi) is 4.46. The van der Waals surface area contributed by atoms with Crippen LogP contribution in [0, 0.1) is 0 Å². The van der Waals surface area contributed by atoms with E-state index in [0.29, 0.717) is 21.6 Å². The molecule has 5 nitrogen and oxygen atoms in total. The number of amides is 1. The Hall–Kier alpha value is -1.79. The molecule has 0 fully saturated rings. The van der Waals surface area contributed by atoms with Crippen molar-refractivity contribution in [2.24, 2.45) is 0 Å². The molecule has 3 N–H and O–H groups in total. The molecule has 0 atom stereocenters. The molecule has 7 heteroatoms. The third-order valence-electron chi connectivity index (χ3n) is 2.57. The fourth-order valence-corrected chi connectivity index (χ4v) is 2.62. The summed E-state index contributed by atoms with van der Waals surface area (Å²) in [6.45, 7) is 0.397. The molecule has 0 radical (unpaired) electrons. The van der Waals surface area contributed by atoms with E-state index < -0.39 is 0 Å². The fourth-order valence-electron chi connectivity index (χ4n) is 1.58. The number of rotatable bonds is 4. The minimum Gasteiger partial charge on any atom is -0.382 e. The number of thiazole rings is 1. The van der Waals surface area contributed by atoms with Crippen molar-refractivity contribution in [1.29, 1.82) is 0 Å². The number of nitrogens with one attached hydrogen (secondary N) is 1. The molecule has 2 rings (SSSR count). The summed E-state index contributed by atoms with van der Waals surface area (Å²) in [7, 11) is 3.71. The van der Waals surface area contributed by atoms with Crippen LogP contribution in [0.15, 0.2) is 24.3 Å². The van der Waals surface area contributed by atoms with E-state index in [1.54, 1.807) is 6.07 Å². The van der Waals surface area contributed by atoms with Crippen LogP contribution in [-0.4, -0.2) is 25.0 Å². The second kappa shape index (κ2) is 6.11. The Morgan fingerprint density at radius 1 is 1.50 bits per heavy atom. The summed E-state index contributed by atoms with van der Waals surface area (Å²) in [5.41, 5.74) is 6.70. The summed E-state index contributed by atoms with van der Waals surface area (Å²) in [6, 6.07) is 7.34. The van der Waals surface area contributed by atoms with Crippen molar-refractivity contribution < 1.29 is 4.79 Å². The van der Waals surface area contributed by atoms with Gasteiger partial charge in [0, 0.05) is 25.7 Å². The molecule has 0 saturated carbocycles. The van der Waals surface area contributed by atoms with E-state index in [-0.39, 0.29) is 11.7 Å². The maximum absolute atomic E-state index is 12.1. The van der Waals surface area contributed by atoms with Gasteiger partial charge in [0.2, 0.25) is 0 Å². The van der Waals surface area contributed by atoms with Crippen LogP contribution in [0.3, 0.4) is 0 Å². The van der Waals surface area contributed by atoms with E-state index in [4.69, 9.17) is 17.3 Å². The number of hydrogen-bond donors (Lipinski definition) is 2. The zero-order valence-corrected chi connectivity index (χ0v) is 12.8. The Morgan fingerprint density at radius 3 is 2.85 bits per heavy atom. The topological polar surface area (TPSA) is 71.2 Å². The number of benzene rings is 1. The molecule has 1 heterocycles. The van der Waals surface area contributed by atoms with Gasteiger partial charge in [-0.25, -0.2) is 4.98 Å². The molecule has 0 spiro atoms. The average Bonchev–Trinajstić information content (AvgIpc) is 2.78. The molecule has 106 valence electrons. The number of nitrogen functional groups attached to an aromatic ring is 1. The molecule has 0 bridgehead atoms. The number of hydrogen-bond acceptors (Lipinski definition) is 5. The van der Waals surface area contributed by atoms with Gasteiger partial charge in [0.15, 0.2) is 5.13 Å². The first-order valence-electron chi connectivity index (χ1n) is 5.93. The highest BCUT2D eigenvalue weighted by atomic mass is 35.5. The smallest absolute Gasteiger partial charge is 0.265 e. The highest BCUT2D eigenvalue weighted by Gasteiger charge is 2.16. The summed E-state index contributed by atoms with van der Waals surface area (Å²) < 4.78 is 0. The van der Waals surface area contributed by atoms with Gasteiger partial charge in [-0.1, -0.05) is 35.1 Å². The van der Waals surface area contributed by atoms with Gasteiger partial charge in [-0.15, -0.1) is 0 Å². The molecule has 2 aromatic rings.